The van der Waals surface area contributed by atoms with Crippen LogP contribution in [0.2, 0.25) is 0 Å². The van der Waals surface area contributed by atoms with Crippen LogP contribution in [-0.2, 0) is 13.6 Å². The number of hydrogen-bond donors (Lipinski definition) is 1. The topological polar surface area (TPSA) is 29.9 Å². The standard InChI is InChI=1S/C8H15N3.2ClH/c1-6-7(2)11(4)8(10-6)5-9-3;;/h9H,5H2,1-4H3;2*1H. The zero-order valence-electron chi connectivity index (χ0n) is 8.42. The second-order valence-electron chi connectivity index (χ2n) is 2.79. The summed E-state index contributed by atoms with van der Waals surface area (Å²) in [6, 6.07) is 0. The van der Waals surface area contributed by atoms with Crippen molar-refractivity contribution in [3.8, 4) is 0 Å². The van der Waals surface area contributed by atoms with Gasteiger partial charge in [-0.3, -0.25) is 0 Å². The Balaban J connectivity index is 0. The first-order valence-corrected chi connectivity index (χ1v) is 3.80. The number of hydrogen-bond acceptors (Lipinski definition) is 2. The molecule has 0 amide bonds. The van der Waals surface area contributed by atoms with Gasteiger partial charge in [0.05, 0.1) is 12.2 Å². The van der Waals surface area contributed by atoms with Crippen molar-refractivity contribution >= 4 is 24.8 Å². The Labute approximate surface area is 91.8 Å². The van der Waals surface area contributed by atoms with Crippen LogP contribution in [0, 0.1) is 13.8 Å². The maximum Gasteiger partial charge on any atom is 0.122 e. The summed E-state index contributed by atoms with van der Waals surface area (Å²) >= 11 is 0. The second kappa shape index (κ2) is 6.24. The zero-order chi connectivity index (χ0) is 8.43. The third kappa shape index (κ3) is 3.18. The number of halogens is 2. The monoisotopic (exact) mass is 225 g/mol. The molecule has 1 rings (SSSR count). The third-order valence-electron chi connectivity index (χ3n) is 2.05. The molecule has 0 aliphatic carbocycles. The van der Waals surface area contributed by atoms with Gasteiger partial charge < -0.3 is 9.88 Å². The van der Waals surface area contributed by atoms with E-state index in [9.17, 15) is 0 Å². The Morgan fingerprint density at radius 3 is 2.15 bits per heavy atom. The van der Waals surface area contributed by atoms with Gasteiger partial charge in [0.1, 0.15) is 5.82 Å². The largest absolute Gasteiger partial charge is 0.334 e. The van der Waals surface area contributed by atoms with Crippen LogP contribution in [0.25, 0.3) is 0 Å². The van der Waals surface area contributed by atoms with Gasteiger partial charge in [0.25, 0.3) is 0 Å². The Morgan fingerprint density at radius 1 is 1.31 bits per heavy atom. The summed E-state index contributed by atoms with van der Waals surface area (Å²) in [5, 5.41) is 3.08. The van der Waals surface area contributed by atoms with E-state index < -0.39 is 0 Å². The molecule has 0 aliphatic heterocycles. The highest BCUT2D eigenvalue weighted by Crippen LogP contribution is 2.06. The van der Waals surface area contributed by atoms with E-state index in [2.05, 4.69) is 21.8 Å². The molecule has 0 saturated heterocycles. The molecule has 3 nitrogen and oxygen atoms in total. The minimum absolute atomic E-state index is 0. The van der Waals surface area contributed by atoms with Crippen LogP contribution in [0.1, 0.15) is 17.2 Å². The Bertz CT molecular complexity index is 258. The van der Waals surface area contributed by atoms with E-state index in [-0.39, 0.29) is 24.8 Å². The molecule has 5 heteroatoms. The van der Waals surface area contributed by atoms with Crippen molar-refractivity contribution in [3.05, 3.63) is 17.2 Å². The predicted molar refractivity (Wildman–Crippen MR) is 59.9 cm³/mol. The van der Waals surface area contributed by atoms with Crippen molar-refractivity contribution < 1.29 is 0 Å². The molecule has 0 atom stereocenters. The average molecular weight is 226 g/mol. The molecule has 1 N–H and O–H groups in total. The molecule has 0 radical (unpaired) electrons. The molecule has 0 bridgehead atoms. The molecule has 1 aromatic heterocycles. The molecular formula is C8H17Cl2N3. The summed E-state index contributed by atoms with van der Waals surface area (Å²) in [5.74, 6) is 1.10. The molecule has 1 aromatic rings. The van der Waals surface area contributed by atoms with Crippen LogP contribution in [0.4, 0.5) is 0 Å². The quantitative estimate of drug-likeness (QED) is 0.830. The lowest BCUT2D eigenvalue weighted by Gasteiger charge is -2.00. The van der Waals surface area contributed by atoms with Gasteiger partial charge >= 0.3 is 0 Å². The summed E-state index contributed by atoms with van der Waals surface area (Å²) in [4.78, 5) is 4.40. The number of rotatable bonds is 2. The highest BCUT2D eigenvalue weighted by Gasteiger charge is 2.04. The van der Waals surface area contributed by atoms with Crippen molar-refractivity contribution in [3.63, 3.8) is 0 Å². The maximum absolute atomic E-state index is 4.40. The minimum Gasteiger partial charge on any atom is -0.334 e. The van der Waals surface area contributed by atoms with Crippen LogP contribution in [-0.4, -0.2) is 16.6 Å². The van der Waals surface area contributed by atoms with Crippen LogP contribution >= 0.6 is 24.8 Å². The van der Waals surface area contributed by atoms with E-state index in [1.807, 2.05) is 21.0 Å². The fourth-order valence-corrected chi connectivity index (χ4v) is 1.10. The number of aromatic nitrogens is 2. The van der Waals surface area contributed by atoms with Crippen LogP contribution in [0.3, 0.4) is 0 Å². The first kappa shape index (κ1) is 15.2. The first-order chi connectivity index (χ1) is 5.16. The van der Waals surface area contributed by atoms with Gasteiger partial charge in [0.15, 0.2) is 0 Å². The van der Waals surface area contributed by atoms with Crippen molar-refractivity contribution in [1.29, 1.82) is 0 Å². The van der Waals surface area contributed by atoms with E-state index in [1.165, 1.54) is 5.69 Å². The molecule has 0 aliphatic rings. The van der Waals surface area contributed by atoms with Crippen molar-refractivity contribution in [2.24, 2.45) is 7.05 Å². The third-order valence-corrected chi connectivity index (χ3v) is 2.05. The average Bonchev–Trinajstić information content (AvgIpc) is 2.19. The van der Waals surface area contributed by atoms with E-state index in [0.717, 1.165) is 18.1 Å². The van der Waals surface area contributed by atoms with Gasteiger partial charge in [-0.2, -0.15) is 0 Å². The summed E-state index contributed by atoms with van der Waals surface area (Å²) < 4.78 is 2.12. The number of nitrogens with zero attached hydrogens (tertiary/aromatic N) is 2. The van der Waals surface area contributed by atoms with E-state index in [4.69, 9.17) is 0 Å². The van der Waals surface area contributed by atoms with Crippen LogP contribution in [0.15, 0.2) is 0 Å². The molecule has 0 fully saturated rings. The molecule has 0 aromatic carbocycles. The number of aryl methyl sites for hydroxylation is 1. The van der Waals surface area contributed by atoms with Gasteiger partial charge in [0.2, 0.25) is 0 Å². The van der Waals surface area contributed by atoms with E-state index >= 15 is 0 Å². The fourth-order valence-electron chi connectivity index (χ4n) is 1.10. The van der Waals surface area contributed by atoms with Gasteiger partial charge in [-0.05, 0) is 20.9 Å². The van der Waals surface area contributed by atoms with Crippen molar-refractivity contribution in [1.82, 2.24) is 14.9 Å². The van der Waals surface area contributed by atoms with Gasteiger partial charge in [-0.25, -0.2) is 4.98 Å². The molecule has 1 heterocycles. The zero-order valence-corrected chi connectivity index (χ0v) is 10.1. The highest BCUT2D eigenvalue weighted by atomic mass is 35.5. The Morgan fingerprint density at radius 2 is 1.85 bits per heavy atom. The highest BCUT2D eigenvalue weighted by molar-refractivity contribution is 5.85. The second-order valence-corrected chi connectivity index (χ2v) is 2.79. The van der Waals surface area contributed by atoms with Crippen molar-refractivity contribution in [2.75, 3.05) is 7.05 Å². The summed E-state index contributed by atoms with van der Waals surface area (Å²) in [6.45, 7) is 4.96. The van der Waals surface area contributed by atoms with Crippen LogP contribution < -0.4 is 5.32 Å². The first-order valence-electron chi connectivity index (χ1n) is 3.80. The molecule has 78 valence electrons. The number of nitrogens with one attached hydrogen (secondary N) is 1. The lowest BCUT2D eigenvalue weighted by molar-refractivity contribution is 0.700. The SMILES string of the molecule is CNCc1nc(C)c(C)n1C.Cl.Cl. The fraction of sp³-hybridized carbons (Fsp3) is 0.625. The normalized spacial score (nSPS) is 8.92. The van der Waals surface area contributed by atoms with E-state index in [0.29, 0.717) is 0 Å². The van der Waals surface area contributed by atoms with Crippen molar-refractivity contribution in [2.45, 2.75) is 20.4 Å². The predicted octanol–water partition coefficient (Wildman–Crippen LogP) is 1.60. The lowest BCUT2D eigenvalue weighted by Crippen LogP contribution is -2.10. The molecule has 13 heavy (non-hydrogen) atoms. The van der Waals surface area contributed by atoms with Gasteiger partial charge in [-0.15, -0.1) is 24.8 Å². The van der Waals surface area contributed by atoms with Gasteiger partial charge in [0, 0.05) is 12.7 Å². The van der Waals surface area contributed by atoms with Gasteiger partial charge in [-0.1, -0.05) is 0 Å². The summed E-state index contributed by atoms with van der Waals surface area (Å²) in [7, 11) is 3.97. The molecule has 0 spiro atoms. The molecular weight excluding hydrogens is 209 g/mol. The number of imidazole rings is 1. The smallest absolute Gasteiger partial charge is 0.122 e. The lowest BCUT2D eigenvalue weighted by atomic mass is 10.4. The maximum atomic E-state index is 4.40. The summed E-state index contributed by atoms with van der Waals surface area (Å²) in [6.07, 6.45) is 0. The van der Waals surface area contributed by atoms with E-state index in [1.54, 1.807) is 0 Å². The van der Waals surface area contributed by atoms with Crippen LogP contribution in [0.5, 0.6) is 0 Å². The Kier molecular flexibility index (Phi) is 7.31. The molecule has 0 unspecified atom stereocenters. The molecule has 0 saturated carbocycles. The summed E-state index contributed by atoms with van der Waals surface area (Å²) in [5.41, 5.74) is 2.37. The Hall–Kier alpha value is -0.250. The minimum atomic E-state index is 0.